The number of rotatable bonds is 5. The van der Waals surface area contributed by atoms with Crippen LogP contribution in [0.1, 0.15) is 40.5 Å². The molecule has 0 rings (SSSR count). The molecule has 0 bridgehead atoms. The fraction of sp³-hybridized carbons (Fsp3) is 0.818. The van der Waals surface area contributed by atoms with Gasteiger partial charge in [0.1, 0.15) is 0 Å². The lowest BCUT2D eigenvalue weighted by molar-refractivity contribution is 0.00866. The van der Waals surface area contributed by atoms with E-state index in [-0.39, 0.29) is 11.5 Å². The molecule has 1 nitrogen and oxygen atoms in total. The summed E-state index contributed by atoms with van der Waals surface area (Å²) in [5.41, 5.74) is 0.0162. The van der Waals surface area contributed by atoms with Crippen molar-refractivity contribution in [2.24, 2.45) is 11.3 Å². The van der Waals surface area contributed by atoms with Crippen molar-refractivity contribution in [2.45, 2.75) is 46.6 Å². The molecule has 0 aromatic rings. The lowest BCUT2D eigenvalue weighted by Crippen LogP contribution is -2.33. The minimum atomic E-state index is -0.211. The molecule has 0 amide bonds. The number of hydrogen-bond acceptors (Lipinski definition) is 1. The maximum absolute atomic E-state index is 9.85. The van der Waals surface area contributed by atoms with E-state index in [2.05, 4.69) is 34.3 Å². The highest BCUT2D eigenvalue weighted by Gasteiger charge is 2.28. The number of aliphatic hydroxyl groups is 1. The molecule has 0 aromatic carbocycles. The smallest absolute Gasteiger partial charge is 0.0614 e. The van der Waals surface area contributed by atoms with Gasteiger partial charge in [-0.1, -0.05) is 33.8 Å². The molecule has 1 unspecified atom stereocenters. The molecule has 0 fully saturated rings. The lowest BCUT2D eigenvalue weighted by atomic mass is 9.77. The predicted molar refractivity (Wildman–Crippen MR) is 54.1 cm³/mol. The molecule has 0 spiro atoms. The first kappa shape index (κ1) is 11.7. The highest BCUT2D eigenvalue weighted by atomic mass is 16.3. The summed E-state index contributed by atoms with van der Waals surface area (Å²) in [5, 5.41) is 9.85. The minimum Gasteiger partial charge on any atom is -0.392 e. The van der Waals surface area contributed by atoms with Crippen LogP contribution in [0.15, 0.2) is 12.7 Å². The molecule has 0 aliphatic rings. The lowest BCUT2D eigenvalue weighted by Gasteiger charge is -2.32. The van der Waals surface area contributed by atoms with E-state index in [1.807, 2.05) is 6.08 Å². The van der Waals surface area contributed by atoms with Gasteiger partial charge < -0.3 is 5.11 Å². The summed E-state index contributed by atoms with van der Waals surface area (Å²) >= 11 is 0. The normalized spacial score (nSPS) is 14.8. The summed E-state index contributed by atoms with van der Waals surface area (Å²) in [6, 6.07) is 0. The summed E-state index contributed by atoms with van der Waals surface area (Å²) in [7, 11) is 0. The SMILES string of the molecule is C=CCCC(C)(C)C(O)C(C)C. The van der Waals surface area contributed by atoms with Crippen LogP contribution in [-0.2, 0) is 0 Å². The van der Waals surface area contributed by atoms with Gasteiger partial charge in [0.25, 0.3) is 0 Å². The van der Waals surface area contributed by atoms with Crippen molar-refractivity contribution in [1.29, 1.82) is 0 Å². The van der Waals surface area contributed by atoms with E-state index in [1.54, 1.807) is 0 Å². The van der Waals surface area contributed by atoms with Crippen molar-refractivity contribution in [2.75, 3.05) is 0 Å². The maximum Gasteiger partial charge on any atom is 0.0614 e. The Bertz CT molecular complexity index is 136. The highest BCUT2D eigenvalue weighted by molar-refractivity contribution is 4.82. The van der Waals surface area contributed by atoms with Crippen LogP contribution in [0.5, 0.6) is 0 Å². The van der Waals surface area contributed by atoms with Crippen LogP contribution in [0, 0.1) is 11.3 Å². The second-order valence-corrected chi connectivity index (χ2v) is 4.50. The molecular weight excluding hydrogens is 148 g/mol. The molecule has 0 aromatic heterocycles. The molecular formula is C11H22O. The first-order valence-corrected chi connectivity index (χ1v) is 4.70. The van der Waals surface area contributed by atoms with Gasteiger partial charge in [-0.15, -0.1) is 6.58 Å². The van der Waals surface area contributed by atoms with Gasteiger partial charge in [-0.05, 0) is 24.2 Å². The molecule has 0 aliphatic carbocycles. The first-order valence-electron chi connectivity index (χ1n) is 4.70. The largest absolute Gasteiger partial charge is 0.392 e. The van der Waals surface area contributed by atoms with Crippen molar-refractivity contribution in [3.8, 4) is 0 Å². The van der Waals surface area contributed by atoms with E-state index >= 15 is 0 Å². The van der Waals surface area contributed by atoms with E-state index in [0.29, 0.717) is 5.92 Å². The average molecular weight is 170 g/mol. The molecule has 0 saturated carbocycles. The van der Waals surface area contributed by atoms with Gasteiger partial charge in [0.15, 0.2) is 0 Å². The zero-order valence-corrected chi connectivity index (χ0v) is 8.80. The van der Waals surface area contributed by atoms with Crippen LogP contribution < -0.4 is 0 Å². The zero-order valence-electron chi connectivity index (χ0n) is 8.80. The van der Waals surface area contributed by atoms with Crippen molar-refractivity contribution in [3.05, 3.63) is 12.7 Å². The van der Waals surface area contributed by atoms with Crippen molar-refractivity contribution in [1.82, 2.24) is 0 Å². The van der Waals surface area contributed by atoms with Crippen LogP contribution >= 0.6 is 0 Å². The number of hydrogen-bond donors (Lipinski definition) is 1. The molecule has 1 atom stereocenters. The Morgan fingerprint density at radius 3 is 2.25 bits per heavy atom. The summed E-state index contributed by atoms with van der Waals surface area (Å²) < 4.78 is 0. The average Bonchev–Trinajstić information content (AvgIpc) is 1.99. The van der Waals surface area contributed by atoms with Crippen molar-refractivity contribution >= 4 is 0 Å². The summed E-state index contributed by atoms with van der Waals surface area (Å²) in [4.78, 5) is 0. The monoisotopic (exact) mass is 170 g/mol. The molecule has 0 radical (unpaired) electrons. The second-order valence-electron chi connectivity index (χ2n) is 4.50. The fourth-order valence-corrected chi connectivity index (χ4v) is 1.52. The molecule has 72 valence electrons. The van der Waals surface area contributed by atoms with Gasteiger partial charge in [0.05, 0.1) is 6.10 Å². The predicted octanol–water partition coefficient (Wildman–Crippen LogP) is 3.00. The van der Waals surface area contributed by atoms with Gasteiger partial charge in [-0.25, -0.2) is 0 Å². The Hall–Kier alpha value is -0.300. The van der Waals surface area contributed by atoms with Crippen LogP contribution in [0.2, 0.25) is 0 Å². The zero-order chi connectivity index (χ0) is 9.78. The Balaban J connectivity index is 4.07. The summed E-state index contributed by atoms with van der Waals surface area (Å²) in [6.45, 7) is 12.0. The molecule has 0 heterocycles. The Kier molecular flexibility index (Phi) is 4.54. The van der Waals surface area contributed by atoms with Crippen LogP contribution in [0.3, 0.4) is 0 Å². The van der Waals surface area contributed by atoms with Gasteiger partial charge in [0.2, 0.25) is 0 Å². The third-order valence-electron chi connectivity index (χ3n) is 2.42. The second kappa shape index (κ2) is 4.66. The van der Waals surface area contributed by atoms with E-state index < -0.39 is 0 Å². The Labute approximate surface area is 76.5 Å². The Morgan fingerprint density at radius 1 is 1.42 bits per heavy atom. The van der Waals surface area contributed by atoms with Crippen molar-refractivity contribution in [3.63, 3.8) is 0 Å². The summed E-state index contributed by atoms with van der Waals surface area (Å²) in [6.07, 6.45) is 3.69. The van der Waals surface area contributed by atoms with Crippen LogP contribution in [-0.4, -0.2) is 11.2 Å². The number of allylic oxidation sites excluding steroid dienone is 1. The van der Waals surface area contributed by atoms with E-state index in [1.165, 1.54) is 0 Å². The fourth-order valence-electron chi connectivity index (χ4n) is 1.52. The maximum atomic E-state index is 9.85. The van der Waals surface area contributed by atoms with E-state index in [4.69, 9.17) is 0 Å². The Morgan fingerprint density at radius 2 is 1.92 bits per heavy atom. The molecule has 0 saturated heterocycles. The molecule has 1 N–H and O–H groups in total. The molecule has 1 heteroatoms. The molecule has 0 aliphatic heterocycles. The van der Waals surface area contributed by atoms with E-state index in [9.17, 15) is 5.11 Å². The minimum absolute atomic E-state index is 0.0162. The van der Waals surface area contributed by atoms with Gasteiger partial charge in [-0.3, -0.25) is 0 Å². The highest BCUT2D eigenvalue weighted by Crippen LogP contribution is 2.30. The first-order chi connectivity index (χ1) is 5.41. The standard InChI is InChI=1S/C11H22O/c1-6-7-8-11(4,5)10(12)9(2)3/h6,9-10,12H,1,7-8H2,2-5H3. The summed E-state index contributed by atoms with van der Waals surface area (Å²) in [5.74, 6) is 0.338. The molecule has 12 heavy (non-hydrogen) atoms. The number of aliphatic hydroxyl groups excluding tert-OH is 1. The third-order valence-corrected chi connectivity index (χ3v) is 2.42. The van der Waals surface area contributed by atoms with Crippen LogP contribution in [0.4, 0.5) is 0 Å². The van der Waals surface area contributed by atoms with E-state index in [0.717, 1.165) is 12.8 Å². The van der Waals surface area contributed by atoms with Gasteiger partial charge in [0, 0.05) is 0 Å². The topological polar surface area (TPSA) is 20.2 Å². The van der Waals surface area contributed by atoms with Gasteiger partial charge in [-0.2, -0.15) is 0 Å². The van der Waals surface area contributed by atoms with Gasteiger partial charge >= 0.3 is 0 Å². The van der Waals surface area contributed by atoms with Crippen LogP contribution in [0.25, 0.3) is 0 Å². The van der Waals surface area contributed by atoms with Crippen molar-refractivity contribution < 1.29 is 5.11 Å². The quantitative estimate of drug-likeness (QED) is 0.629. The third kappa shape index (κ3) is 3.40.